The van der Waals surface area contributed by atoms with Gasteiger partial charge in [-0.15, -0.1) is 0 Å². The summed E-state index contributed by atoms with van der Waals surface area (Å²) < 4.78 is 5.03. The zero-order valence-electron chi connectivity index (χ0n) is 13.6. The molecule has 0 aliphatic carbocycles. The smallest absolute Gasteiger partial charge is 0.408 e. The predicted molar refractivity (Wildman–Crippen MR) is 93.0 cm³/mol. The molecule has 2 aromatic carbocycles. The molecule has 0 saturated carbocycles. The molecule has 0 radical (unpaired) electrons. The van der Waals surface area contributed by atoms with Crippen LogP contribution in [0.3, 0.4) is 0 Å². The summed E-state index contributed by atoms with van der Waals surface area (Å²) in [5.74, 6) is -0.405. The van der Waals surface area contributed by atoms with E-state index in [2.05, 4.69) is 16.4 Å². The Labute approximate surface area is 139 Å². The number of fused-ring (bicyclic) bond motifs is 1. The van der Waals surface area contributed by atoms with Crippen molar-refractivity contribution in [2.75, 3.05) is 6.54 Å². The van der Waals surface area contributed by atoms with Crippen LogP contribution in [0.1, 0.15) is 23.1 Å². The van der Waals surface area contributed by atoms with Crippen molar-refractivity contribution in [2.45, 2.75) is 26.2 Å². The number of aromatic nitrogens is 1. The monoisotopic (exact) mass is 324 g/mol. The third kappa shape index (κ3) is 4.13. The summed E-state index contributed by atoms with van der Waals surface area (Å²) in [6.07, 6.45) is 1.92. The van der Waals surface area contributed by atoms with Gasteiger partial charge in [-0.1, -0.05) is 35.9 Å². The van der Waals surface area contributed by atoms with Crippen LogP contribution in [-0.4, -0.2) is 17.4 Å². The highest BCUT2D eigenvalue weighted by Gasteiger charge is 2.05. The Hall–Kier alpha value is -2.82. The summed E-state index contributed by atoms with van der Waals surface area (Å²) in [4.78, 5) is 25.7. The summed E-state index contributed by atoms with van der Waals surface area (Å²) in [6.45, 7) is 2.61. The average Bonchev–Trinajstić information content (AvgIpc) is 2.92. The Morgan fingerprint density at radius 2 is 1.96 bits per heavy atom. The van der Waals surface area contributed by atoms with Gasteiger partial charge in [-0.25, -0.2) is 4.79 Å². The van der Waals surface area contributed by atoms with Crippen LogP contribution < -0.4 is 11.1 Å². The molecular formula is C19H20N2O3. The van der Waals surface area contributed by atoms with Gasteiger partial charge in [0.1, 0.15) is 0 Å². The number of rotatable bonds is 6. The number of hydrogen-bond acceptors (Lipinski definition) is 3. The van der Waals surface area contributed by atoms with E-state index in [0.29, 0.717) is 30.5 Å². The summed E-state index contributed by atoms with van der Waals surface area (Å²) in [6, 6.07) is 13.8. The SMILES string of the molecule is Cc1cccc(CCC(=O)NCCc2ccc3[nH]c(=O)oc3c2)c1. The number of aromatic amines is 1. The second kappa shape index (κ2) is 7.17. The third-order valence-electron chi connectivity index (χ3n) is 3.94. The van der Waals surface area contributed by atoms with Gasteiger partial charge in [-0.2, -0.15) is 0 Å². The molecule has 2 N–H and O–H groups in total. The minimum atomic E-state index is -0.452. The number of carbonyl (C=O) groups excluding carboxylic acids is 1. The summed E-state index contributed by atoms with van der Waals surface area (Å²) in [5.41, 5.74) is 4.64. The van der Waals surface area contributed by atoms with E-state index >= 15 is 0 Å². The van der Waals surface area contributed by atoms with Gasteiger partial charge in [0.25, 0.3) is 0 Å². The second-order valence-corrected chi connectivity index (χ2v) is 5.93. The molecule has 3 rings (SSSR count). The molecule has 0 spiro atoms. The fourth-order valence-corrected chi connectivity index (χ4v) is 2.71. The molecule has 0 atom stereocenters. The first kappa shape index (κ1) is 16.1. The highest BCUT2D eigenvalue weighted by atomic mass is 16.4. The van der Waals surface area contributed by atoms with Crippen LogP contribution in [0.15, 0.2) is 51.7 Å². The van der Waals surface area contributed by atoms with E-state index in [4.69, 9.17) is 4.42 Å². The van der Waals surface area contributed by atoms with Crippen LogP contribution in [-0.2, 0) is 17.6 Å². The number of H-pyrrole nitrogens is 1. The first-order chi connectivity index (χ1) is 11.6. The quantitative estimate of drug-likeness (QED) is 0.732. The first-order valence-electron chi connectivity index (χ1n) is 8.04. The molecule has 124 valence electrons. The molecule has 0 fully saturated rings. The van der Waals surface area contributed by atoms with Crippen LogP contribution >= 0.6 is 0 Å². The molecule has 5 nitrogen and oxygen atoms in total. The largest absolute Gasteiger partial charge is 0.417 e. The Kier molecular flexibility index (Phi) is 4.79. The number of carbonyl (C=O) groups is 1. The number of nitrogens with one attached hydrogen (secondary N) is 2. The molecule has 0 bridgehead atoms. The Morgan fingerprint density at radius 3 is 2.79 bits per heavy atom. The average molecular weight is 324 g/mol. The zero-order valence-corrected chi connectivity index (χ0v) is 13.6. The Bertz CT molecular complexity index is 908. The number of oxazole rings is 1. The minimum absolute atomic E-state index is 0.0470. The summed E-state index contributed by atoms with van der Waals surface area (Å²) in [5, 5.41) is 2.93. The minimum Gasteiger partial charge on any atom is -0.408 e. The van der Waals surface area contributed by atoms with Crippen molar-refractivity contribution in [3.8, 4) is 0 Å². The molecule has 1 aromatic heterocycles. The highest BCUT2D eigenvalue weighted by Crippen LogP contribution is 2.12. The molecule has 0 unspecified atom stereocenters. The van der Waals surface area contributed by atoms with Crippen molar-refractivity contribution in [3.05, 3.63) is 69.7 Å². The number of amides is 1. The van der Waals surface area contributed by atoms with Crippen molar-refractivity contribution < 1.29 is 9.21 Å². The molecule has 24 heavy (non-hydrogen) atoms. The zero-order chi connectivity index (χ0) is 16.9. The lowest BCUT2D eigenvalue weighted by molar-refractivity contribution is -0.121. The van der Waals surface area contributed by atoms with Gasteiger partial charge >= 0.3 is 5.76 Å². The van der Waals surface area contributed by atoms with Crippen molar-refractivity contribution in [2.24, 2.45) is 0 Å². The van der Waals surface area contributed by atoms with Crippen LogP contribution in [0.5, 0.6) is 0 Å². The van der Waals surface area contributed by atoms with E-state index in [-0.39, 0.29) is 5.91 Å². The molecule has 0 aliphatic rings. The fourth-order valence-electron chi connectivity index (χ4n) is 2.71. The van der Waals surface area contributed by atoms with Crippen LogP contribution in [0.25, 0.3) is 11.1 Å². The van der Waals surface area contributed by atoms with Gasteiger partial charge in [0, 0.05) is 13.0 Å². The maximum absolute atomic E-state index is 11.9. The summed E-state index contributed by atoms with van der Waals surface area (Å²) in [7, 11) is 0. The molecule has 5 heteroatoms. The lowest BCUT2D eigenvalue weighted by atomic mass is 10.1. The van der Waals surface area contributed by atoms with Crippen molar-refractivity contribution in [1.82, 2.24) is 10.3 Å². The van der Waals surface area contributed by atoms with Crippen LogP contribution in [0.4, 0.5) is 0 Å². The van der Waals surface area contributed by atoms with Crippen molar-refractivity contribution in [1.29, 1.82) is 0 Å². The predicted octanol–water partition coefficient (Wildman–Crippen LogP) is 2.72. The lowest BCUT2D eigenvalue weighted by Gasteiger charge is -2.06. The van der Waals surface area contributed by atoms with E-state index < -0.39 is 5.76 Å². The maximum Gasteiger partial charge on any atom is 0.417 e. The molecular weight excluding hydrogens is 304 g/mol. The summed E-state index contributed by atoms with van der Waals surface area (Å²) >= 11 is 0. The van der Waals surface area contributed by atoms with Gasteiger partial charge < -0.3 is 9.73 Å². The Morgan fingerprint density at radius 1 is 1.12 bits per heavy atom. The molecule has 1 heterocycles. The second-order valence-electron chi connectivity index (χ2n) is 5.93. The van der Waals surface area contributed by atoms with Gasteiger partial charge in [0.2, 0.25) is 5.91 Å². The van der Waals surface area contributed by atoms with E-state index in [9.17, 15) is 9.59 Å². The molecule has 1 amide bonds. The van der Waals surface area contributed by atoms with E-state index in [1.54, 1.807) is 0 Å². The van der Waals surface area contributed by atoms with Gasteiger partial charge in [0.15, 0.2) is 5.58 Å². The van der Waals surface area contributed by atoms with Crippen LogP contribution in [0, 0.1) is 6.92 Å². The number of aryl methyl sites for hydroxylation is 2. The molecule has 0 aliphatic heterocycles. The third-order valence-corrected chi connectivity index (χ3v) is 3.94. The fraction of sp³-hybridized carbons (Fsp3) is 0.263. The van der Waals surface area contributed by atoms with Gasteiger partial charge in [-0.3, -0.25) is 9.78 Å². The van der Waals surface area contributed by atoms with E-state index in [1.165, 1.54) is 11.1 Å². The molecule has 0 saturated heterocycles. The Balaban J connectivity index is 1.46. The van der Waals surface area contributed by atoms with Gasteiger partial charge in [0.05, 0.1) is 5.52 Å². The standard InChI is InChI=1S/C19H20N2O3/c1-13-3-2-4-14(11-13)6-8-18(22)20-10-9-15-5-7-16-17(12-15)24-19(23)21-16/h2-5,7,11-12H,6,8-10H2,1H3,(H,20,22)(H,21,23). The normalized spacial score (nSPS) is 10.9. The van der Waals surface area contributed by atoms with E-state index in [1.807, 2.05) is 43.3 Å². The van der Waals surface area contributed by atoms with Gasteiger partial charge in [-0.05, 0) is 43.0 Å². The highest BCUT2D eigenvalue weighted by molar-refractivity contribution is 5.76. The lowest BCUT2D eigenvalue weighted by Crippen LogP contribution is -2.25. The molecule has 3 aromatic rings. The van der Waals surface area contributed by atoms with Crippen molar-refractivity contribution in [3.63, 3.8) is 0 Å². The number of hydrogen-bond donors (Lipinski definition) is 2. The van der Waals surface area contributed by atoms with Crippen LogP contribution in [0.2, 0.25) is 0 Å². The van der Waals surface area contributed by atoms with E-state index in [0.717, 1.165) is 12.0 Å². The van der Waals surface area contributed by atoms with Crippen molar-refractivity contribution >= 4 is 17.0 Å². The maximum atomic E-state index is 11.9. The number of benzene rings is 2. The topological polar surface area (TPSA) is 75.1 Å². The first-order valence-corrected chi connectivity index (χ1v) is 8.04.